The summed E-state index contributed by atoms with van der Waals surface area (Å²) in [5.41, 5.74) is 3.41. The van der Waals surface area contributed by atoms with Crippen LogP contribution in [-0.4, -0.2) is 18.8 Å². The molecular formula is C12H17FN2O. The number of rotatable bonds is 4. The van der Waals surface area contributed by atoms with Crippen LogP contribution in [0.4, 0.5) is 4.39 Å². The fourth-order valence-corrected chi connectivity index (χ4v) is 2.12. The average molecular weight is 224 g/mol. The Bertz CT molecular complexity index is 340. The van der Waals surface area contributed by atoms with Crippen LogP contribution in [0.1, 0.15) is 18.4 Å². The Morgan fingerprint density at radius 3 is 2.94 bits per heavy atom. The first-order chi connectivity index (χ1) is 7.81. The van der Waals surface area contributed by atoms with E-state index in [1.807, 2.05) is 6.07 Å². The highest BCUT2D eigenvalue weighted by Crippen LogP contribution is 2.19. The highest BCUT2D eigenvalue weighted by atomic mass is 19.1. The van der Waals surface area contributed by atoms with Gasteiger partial charge in [-0.05, 0) is 30.9 Å². The molecule has 1 aliphatic heterocycles. The van der Waals surface area contributed by atoms with E-state index in [2.05, 4.69) is 5.43 Å². The van der Waals surface area contributed by atoms with Crippen molar-refractivity contribution in [3.05, 3.63) is 35.6 Å². The first-order valence-electron chi connectivity index (χ1n) is 5.62. The summed E-state index contributed by atoms with van der Waals surface area (Å²) in [6, 6.07) is 6.77. The molecule has 1 aliphatic rings. The van der Waals surface area contributed by atoms with E-state index in [0.717, 1.165) is 19.4 Å². The third-order valence-corrected chi connectivity index (χ3v) is 3.03. The van der Waals surface area contributed by atoms with Gasteiger partial charge in [0.2, 0.25) is 0 Å². The second-order valence-corrected chi connectivity index (χ2v) is 4.12. The molecule has 2 unspecified atom stereocenters. The zero-order chi connectivity index (χ0) is 11.4. The Kier molecular flexibility index (Phi) is 3.88. The van der Waals surface area contributed by atoms with Crippen molar-refractivity contribution in [3.8, 4) is 0 Å². The number of hydrazine groups is 1. The zero-order valence-corrected chi connectivity index (χ0v) is 9.16. The van der Waals surface area contributed by atoms with Gasteiger partial charge in [0, 0.05) is 6.61 Å². The molecule has 0 aliphatic carbocycles. The van der Waals surface area contributed by atoms with E-state index in [-0.39, 0.29) is 18.0 Å². The number of nitrogens with one attached hydrogen (secondary N) is 1. The summed E-state index contributed by atoms with van der Waals surface area (Å²) in [4.78, 5) is 0. The van der Waals surface area contributed by atoms with Gasteiger partial charge in [0.05, 0.1) is 12.1 Å². The van der Waals surface area contributed by atoms with Crippen molar-refractivity contribution in [2.24, 2.45) is 5.84 Å². The smallest absolute Gasteiger partial charge is 0.126 e. The van der Waals surface area contributed by atoms with Gasteiger partial charge in [-0.25, -0.2) is 4.39 Å². The Balaban J connectivity index is 2.03. The molecule has 2 rings (SSSR count). The van der Waals surface area contributed by atoms with Crippen molar-refractivity contribution >= 4 is 0 Å². The van der Waals surface area contributed by atoms with Crippen LogP contribution in [0.15, 0.2) is 24.3 Å². The Hall–Kier alpha value is -0.970. The first kappa shape index (κ1) is 11.5. The third-order valence-electron chi connectivity index (χ3n) is 3.03. The quantitative estimate of drug-likeness (QED) is 0.600. The van der Waals surface area contributed by atoms with Crippen LogP contribution in [0.5, 0.6) is 0 Å². The minimum absolute atomic E-state index is 0.0144. The number of halogens is 1. The minimum atomic E-state index is -0.180. The predicted molar refractivity (Wildman–Crippen MR) is 60.2 cm³/mol. The lowest BCUT2D eigenvalue weighted by molar-refractivity contribution is 0.0782. The molecule has 1 saturated heterocycles. The highest BCUT2D eigenvalue weighted by Gasteiger charge is 2.25. The van der Waals surface area contributed by atoms with Gasteiger partial charge in [0.15, 0.2) is 0 Å². The lowest BCUT2D eigenvalue weighted by atomic mass is 10.00. The van der Waals surface area contributed by atoms with Crippen LogP contribution in [0.3, 0.4) is 0 Å². The molecule has 0 aromatic heterocycles. The predicted octanol–water partition coefficient (Wildman–Crippen LogP) is 1.38. The maximum Gasteiger partial charge on any atom is 0.126 e. The SMILES string of the molecule is NNC(Cc1ccccc1F)C1CCCO1. The molecule has 1 aromatic carbocycles. The van der Waals surface area contributed by atoms with Gasteiger partial charge < -0.3 is 4.74 Å². The van der Waals surface area contributed by atoms with Crippen LogP contribution < -0.4 is 11.3 Å². The molecule has 1 heterocycles. The highest BCUT2D eigenvalue weighted by molar-refractivity contribution is 5.18. The number of nitrogens with two attached hydrogens (primary N) is 1. The van der Waals surface area contributed by atoms with Crippen molar-refractivity contribution in [1.82, 2.24) is 5.43 Å². The standard InChI is InChI=1S/C12H17FN2O/c13-10-5-2-1-4-9(10)8-11(15-14)12-6-3-7-16-12/h1-2,4-5,11-12,15H,3,6-8,14H2. The topological polar surface area (TPSA) is 47.3 Å². The molecule has 2 atom stereocenters. The number of ether oxygens (including phenoxy) is 1. The molecule has 3 N–H and O–H groups in total. The lowest BCUT2D eigenvalue weighted by Gasteiger charge is -2.22. The molecule has 0 spiro atoms. The largest absolute Gasteiger partial charge is 0.377 e. The molecule has 1 aromatic rings. The Labute approximate surface area is 94.8 Å². The van der Waals surface area contributed by atoms with E-state index >= 15 is 0 Å². The van der Waals surface area contributed by atoms with E-state index in [1.165, 1.54) is 6.07 Å². The fraction of sp³-hybridized carbons (Fsp3) is 0.500. The van der Waals surface area contributed by atoms with Gasteiger partial charge in [-0.2, -0.15) is 0 Å². The van der Waals surface area contributed by atoms with Crippen molar-refractivity contribution in [2.45, 2.75) is 31.4 Å². The van der Waals surface area contributed by atoms with E-state index < -0.39 is 0 Å². The second kappa shape index (κ2) is 5.39. The molecule has 0 amide bonds. The number of benzene rings is 1. The van der Waals surface area contributed by atoms with E-state index in [0.29, 0.717) is 12.0 Å². The summed E-state index contributed by atoms with van der Waals surface area (Å²) < 4.78 is 19.0. The molecule has 0 radical (unpaired) electrons. The normalized spacial score (nSPS) is 22.2. The summed E-state index contributed by atoms with van der Waals surface area (Å²) in [5, 5.41) is 0. The first-order valence-corrected chi connectivity index (χ1v) is 5.62. The maximum absolute atomic E-state index is 13.5. The molecule has 16 heavy (non-hydrogen) atoms. The van der Waals surface area contributed by atoms with Crippen molar-refractivity contribution in [1.29, 1.82) is 0 Å². The number of hydrogen-bond donors (Lipinski definition) is 2. The molecule has 0 bridgehead atoms. The van der Waals surface area contributed by atoms with Crippen LogP contribution in [-0.2, 0) is 11.2 Å². The minimum Gasteiger partial charge on any atom is -0.377 e. The lowest BCUT2D eigenvalue weighted by Crippen LogP contribution is -2.45. The van der Waals surface area contributed by atoms with Gasteiger partial charge in [-0.15, -0.1) is 0 Å². The zero-order valence-electron chi connectivity index (χ0n) is 9.16. The summed E-state index contributed by atoms with van der Waals surface area (Å²) >= 11 is 0. The van der Waals surface area contributed by atoms with E-state index in [1.54, 1.807) is 12.1 Å². The van der Waals surface area contributed by atoms with Crippen molar-refractivity contribution in [3.63, 3.8) is 0 Å². The van der Waals surface area contributed by atoms with Crippen molar-refractivity contribution in [2.75, 3.05) is 6.61 Å². The molecule has 0 saturated carbocycles. The van der Waals surface area contributed by atoms with Crippen LogP contribution >= 0.6 is 0 Å². The Morgan fingerprint density at radius 2 is 2.31 bits per heavy atom. The number of hydrogen-bond acceptors (Lipinski definition) is 3. The molecular weight excluding hydrogens is 207 g/mol. The second-order valence-electron chi connectivity index (χ2n) is 4.12. The van der Waals surface area contributed by atoms with Gasteiger partial charge >= 0.3 is 0 Å². The molecule has 88 valence electrons. The van der Waals surface area contributed by atoms with Crippen LogP contribution in [0, 0.1) is 5.82 Å². The molecule has 1 fully saturated rings. The average Bonchev–Trinajstić information content (AvgIpc) is 2.81. The fourth-order valence-electron chi connectivity index (χ4n) is 2.12. The molecule has 4 heteroatoms. The van der Waals surface area contributed by atoms with Gasteiger partial charge in [-0.1, -0.05) is 18.2 Å². The summed E-state index contributed by atoms with van der Waals surface area (Å²) in [7, 11) is 0. The van der Waals surface area contributed by atoms with Gasteiger partial charge in [0.25, 0.3) is 0 Å². The third kappa shape index (κ3) is 2.58. The summed E-state index contributed by atoms with van der Waals surface area (Å²) in [6.45, 7) is 0.778. The van der Waals surface area contributed by atoms with Crippen LogP contribution in [0.25, 0.3) is 0 Å². The van der Waals surface area contributed by atoms with Gasteiger partial charge in [-0.3, -0.25) is 11.3 Å². The summed E-state index contributed by atoms with van der Waals surface area (Å²) in [6.07, 6.45) is 2.71. The summed E-state index contributed by atoms with van der Waals surface area (Å²) in [5.74, 6) is 5.32. The monoisotopic (exact) mass is 224 g/mol. The van der Waals surface area contributed by atoms with E-state index in [9.17, 15) is 4.39 Å². The van der Waals surface area contributed by atoms with E-state index in [4.69, 9.17) is 10.6 Å². The van der Waals surface area contributed by atoms with Crippen molar-refractivity contribution < 1.29 is 9.13 Å². The Morgan fingerprint density at radius 1 is 1.50 bits per heavy atom. The van der Waals surface area contributed by atoms with Crippen LogP contribution in [0.2, 0.25) is 0 Å². The van der Waals surface area contributed by atoms with Gasteiger partial charge in [0.1, 0.15) is 5.82 Å². The molecule has 3 nitrogen and oxygen atoms in total. The maximum atomic E-state index is 13.5.